The molecule has 110 valence electrons. The molecule has 0 bridgehead atoms. The topological polar surface area (TPSA) is 49.3 Å². The van der Waals surface area contributed by atoms with E-state index in [0.29, 0.717) is 5.92 Å². The number of hydrogen-bond donors (Lipinski definition) is 2. The van der Waals surface area contributed by atoms with Gasteiger partial charge in [-0.3, -0.25) is 4.79 Å². The molecule has 1 aliphatic heterocycles. The molecule has 0 atom stereocenters. The van der Waals surface area contributed by atoms with Crippen LogP contribution < -0.4 is 5.32 Å². The number of nitrogens with one attached hydrogen (secondary N) is 1. The lowest BCUT2D eigenvalue weighted by Crippen LogP contribution is -2.21. The van der Waals surface area contributed by atoms with Crippen molar-refractivity contribution in [1.82, 2.24) is 5.32 Å². The Hall–Kier alpha value is -1.16. The summed E-state index contributed by atoms with van der Waals surface area (Å²) < 4.78 is 12.7. The number of hydrogen-bond acceptors (Lipinski definition) is 2. The van der Waals surface area contributed by atoms with E-state index in [9.17, 15) is 9.18 Å². The van der Waals surface area contributed by atoms with E-state index in [1.807, 2.05) is 13.8 Å². The lowest BCUT2D eigenvalue weighted by atomic mass is 10.1. The van der Waals surface area contributed by atoms with Gasteiger partial charge in [-0.05, 0) is 44.3 Å². The maximum atomic E-state index is 12.7. The molecule has 1 aliphatic rings. The smallest absolute Gasteiger partial charge is 0.307 e. The van der Waals surface area contributed by atoms with E-state index in [4.69, 9.17) is 5.11 Å². The number of piperidine rings is 1. The summed E-state index contributed by atoms with van der Waals surface area (Å²) in [4.78, 5) is 10.3. The van der Waals surface area contributed by atoms with Crippen molar-refractivity contribution >= 4 is 5.97 Å². The molecule has 0 spiro atoms. The molecular weight excluding hydrogens is 245 g/mol. The number of rotatable bonds is 4. The third-order valence-electron chi connectivity index (χ3n) is 2.67. The van der Waals surface area contributed by atoms with Gasteiger partial charge in [0, 0.05) is 0 Å². The predicted molar refractivity (Wildman–Crippen MR) is 76.8 cm³/mol. The molecule has 3 nitrogen and oxygen atoms in total. The number of carboxylic acid groups (broad SMARTS) is 1. The molecule has 0 aromatic heterocycles. The quantitative estimate of drug-likeness (QED) is 0.767. The maximum absolute atomic E-state index is 12.7. The molecule has 1 saturated heterocycles. The van der Waals surface area contributed by atoms with Crippen molar-refractivity contribution in [3.63, 3.8) is 0 Å². The van der Waals surface area contributed by atoms with Gasteiger partial charge < -0.3 is 10.4 Å². The molecule has 0 aromatic rings. The first-order valence-electron chi connectivity index (χ1n) is 6.89. The molecule has 0 radical (unpaired) electrons. The highest BCUT2D eigenvalue weighted by molar-refractivity contribution is 5.71. The average Bonchev–Trinajstić information content (AvgIpc) is 2.36. The maximum Gasteiger partial charge on any atom is 0.307 e. The fraction of sp³-hybridized carbons (Fsp3) is 0.667. The molecule has 1 rings (SSSR count). The van der Waals surface area contributed by atoms with Gasteiger partial charge in [0.25, 0.3) is 0 Å². The lowest BCUT2D eigenvalue weighted by molar-refractivity contribution is -0.136. The lowest BCUT2D eigenvalue weighted by Gasteiger charge is -2.08. The van der Waals surface area contributed by atoms with Crippen molar-refractivity contribution in [1.29, 1.82) is 0 Å². The highest BCUT2D eigenvalue weighted by atomic mass is 19.1. The normalized spacial score (nSPS) is 16.9. The Kier molecular flexibility index (Phi) is 10.1. The van der Waals surface area contributed by atoms with Gasteiger partial charge in [-0.25, -0.2) is 4.39 Å². The van der Waals surface area contributed by atoms with Gasteiger partial charge in [0.15, 0.2) is 0 Å². The van der Waals surface area contributed by atoms with Crippen molar-refractivity contribution in [3.05, 3.63) is 23.6 Å². The Morgan fingerprint density at radius 1 is 1.32 bits per heavy atom. The van der Waals surface area contributed by atoms with Crippen LogP contribution in [0.5, 0.6) is 0 Å². The molecule has 0 aromatic carbocycles. The first-order chi connectivity index (χ1) is 8.93. The third-order valence-corrected chi connectivity index (χ3v) is 2.67. The van der Waals surface area contributed by atoms with Crippen molar-refractivity contribution < 1.29 is 14.3 Å². The molecule has 19 heavy (non-hydrogen) atoms. The van der Waals surface area contributed by atoms with E-state index >= 15 is 0 Å². The summed E-state index contributed by atoms with van der Waals surface area (Å²) in [6, 6.07) is 0. The third kappa shape index (κ3) is 11.7. The first-order valence-corrected chi connectivity index (χ1v) is 6.89. The highest BCUT2D eigenvalue weighted by Crippen LogP contribution is 2.12. The fourth-order valence-electron chi connectivity index (χ4n) is 1.57. The van der Waals surface area contributed by atoms with Crippen LogP contribution in [0.2, 0.25) is 0 Å². The summed E-state index contributed by atoms with van der Waals surface area (Å²) in [6.07, 6.45) is 7.27. The highest BCUT2D eigenvalue weighted by Gasteiger charge is 2.04. The average molecular weight is 271 g/mol. The van der Waals surface area contributed by atoms with Gasteiger partial charge in [-0.1, -0.05) is 32.4 Å². The number of aliphatic carboxylic acids is 1. The molecular formula is C15H26FNO2. The van der Waals surface area contributed by atoms with Gasteiger partial charge in [0.05, 0.1) is 6.42 Å². The van der Waals surface area contributed by atoms with Crippen molar-refractivity contribution in [2.24, 2.45) is 5.92 Å². The number of halogens is 1. The van der Waals surface area contributed by atoms with Gasteiger partial charge >= 0.3 is 5.97 Å². The molecule has 0 aliphatic carbocycles. The van der Waals surface area contributed by atoms with E-state index in [1.54, 1.807) is 6.08 Å². The van der Waals surface area contributed by atoms with Crippen molar-refractivity contribution in [2.45, 2.75) is 46.5 Å². The second kappa shape index (κ2) is 10.7. The number of carboxylic acids is 1. The van der Waals surface area contributed by atoms with Gasteiger partial charge in [0.1, 0.15) is 5.83 Å². The molecule has 1 heterocycles. The predicted octanol–water partition coefficient (Wildman–Crippen LogP) is 3.68. The standard InChI is InChI=1S/C10H15FO2.C5H11N/c1-7(2)4-5-9(8(3)11)6-10(12)13;1-2-4-6-5-3-1/h4-5,7H,6H2,1-3H3,(H,12,13);6H,1-5H2/b5-4-,9-8-;. The van der Waals surface area contributed by atoms with Crippen LogP contribution in [0.3, 0.4) is 0 Å². The Morgan fingerprint density at radius 3 is 2.16 bits per heavy atom. The SMILES string of the molecule is C/C(F)=C(\C=C/C(C)C)CC(=O)O.C1CCNCC1. The zero-order chi connectivity index (χ0) is 14.7. The second-order valence-electron chi connectivity index (χ2n) is 5.04. The summed E-state index contributed by atoms with van der Waals surface area (Å²) in [5, 5.41) is 11.7. The van der Waals surface area contributed by atoms with Crippen LogP contribution in [-0.4, -0.2) is 24.2 Å². The minimum atomic E-state index is -1.01. The van der Waals surface area contributed by atoms with E-state index in [0.717, 1.165) is 0 Å². The van der Waals surface area contributed by atoms with Gasteiger partial charge in [0.2, 0.25) is 0 Å². The first kappa shape index (κ1) is 17.8. The molecule has 0 amide bonds. The number of carbonyl (C=O) groups is 1. The second-order valence-corrected chi connectivity index (χ2v) is 5.04. The van der Waals surface area contributed by atoms with Crippen molar-refractivity contribution in [2.75, 3.05) is 13.1 Å². The Balaban J connectivity index is 0.000000443. The monoisotopic (exact) mass is 271 g/mol. The molecule has 2 N–H and O–H groups in total. The van der Waals surface area contributed by atoms with Crippen molar-refractivity contribution in [3.8, 4) is 0 Å². The van der Waals surface area contributed by atoms with E-state index < -0.39 is 11.8 Å². The van der Waals surface area contributed by atoms with Gasteiger partial charge in [-0.15, -0.1) is 0 Å². The Labute approximate surface area is 115 Å². The Morgan fingerprint density at radius 2 is 1.89 bits per heavy atom. The van der Waals surface area contributed by atoms with E-state index in [2.05, 4.69) is 5.32 Å². The van der Waals surface area contributed by atoms with Crippen LogP contribution in [0, 0.1) is 5.92 Å². The molecule has 0 saturated carbocycles. The molecule has 0 unspecified atom stereocenters. The number of allylic oxidation sites excluding steroid dienone is 3. The van der Waals surface area contributed by atoms with Crippen LogP contribution in [0.1, 0.15) is 46.5 Å². The summed E-state index contributed by atoms with van der Waals surface area (Å²) in [5.74, 6) is -1.15. The summed E-state index contributed by atoms with van der Waals surface area (Å²) in [5.41, 5.74) is 0.237. The molecule has 4 heteroatoms. The minimum absolute atomic E-state index is 0.237. The minimum Gasteiger partial charge on any atom is -0.481 e. The van der Waals surface area contributed by atoms with E-state index in [-0.39, 0.29) is 12.0 Å². The zero-order valence-electron chi connectivity index (χ0n) is 12.2. The summed E-state index contributed by atoms with van der Waals surface area (Å²) in [7, 11) is 0. The van der Waals surface area contributed by atoms with Gasteiger partial charge in [-0.2, -0.15) is 0 Å². The molecule has 1 fully saturated rings. The fourth-order valence-corrected chi connectivity index (χ4v) is 1.57. The van der Waals surface area contributed by atoms with E-state index in [1.165, 1.54) is 45.4 Å². The Bertz CT molecular complexity index is 303. The van der Waals surface area contributed by atoms with Crippen LogP contribution in [0.25, 0.3) is 0 Å². The largest absolute Gasteiger partial charge is 0.481 e. The van der Waals surface area contributed by atoms with Crippen LogP contribution in [0.15, 0.2) is 23.6 Å². The van der Waals surface area contributed by atoms with Crippen LogP contribution in [-0.2, 0) is 4.79 Å². The summed E-state index contributed by atoms with van der Waals surface area (Å²) >= 11 is 0. The zero-order valence-corrected chi connectivity index (χ0v) is 12.2. The summed E-state index contributed by atoms with van der Waals surface area (Å²) in [6.45, 7) is 7.66. The van der Waals surface area contributed by atoms with Crippen LogP contribution in [0.4, 0.5) is 4.39 Å². The van der Waals surface area contributed by atoms with Crippen LogP contribution >= 0.6 is 0 Å².